The van der Waals surface area contributed by atoms with Crippen LogP contribution in [0.25, 0.3) is 11.2 Å². The number of pyridine rings is 1. The molecule has 1 N–H and O–H groups in total. The Morgan fingerprint density at radius 3 is 2.88 bits per heavy atom. The molecule has 1 saturated heterocycles. The number of rotatable bonds is 6. The molecule has 5 heteroatoms. The number of aromatic nitrogens is 3. The summed E-state index contributed by atoms with van der Waals surface area (Å²) in [6.07, 6.45) is 7.18. The molecule has 1 atom stereocenters. The number of aryl methyl sites for hydroxylation is 2. The van der Waals surface area contributed by atoms with E-state index in [-0.39, 0.29) is 5.91 Å². The number of fused-ring (bicyclic) bond motifs is 1. The van der Waals surface area contributed by atoms with E-state index in [9.17, 15) is 4.79 Å². The first-order valence-corrected chi connectivity index (χ1v) is 9.42. The molecule has 0 radical (unpaired) electrons. The van der Waals surface area contributed by atoms with Crippen molar-refractivity contribution in [3.63, 3.8) is 0 Å². The third-order valence-corrected chi connectivity index (χ3v) is 5.19. The smallest absolute Gasteiger partial charge is 0.223 e. The van der Waals surface area contributed by atoms with E-state index in [1.807, 2.05) is 18.2 Å². The Balaban J connectivity index is 1.32. The third-order valence-electron chi connectivity index (χ3n) is 5.19. The van der Waals surface area contributed by atoms with Crippen LogP contribution in [0.3, 0.4) is 0 Å². The molecule has 1 aromatic carbocycles. The molecule has 1 unspecified atom stereocenters. The summed E-state index contributed by atoms with van der Waals surface area (Å²) in [5.74, 6) is 1.08. The number of carbonyl (C=O) groups is 1. The average molecular weight is 348 g/mol. The summed E-state index contributed by atoms with van der Waals surface area (Å²) in [4.78, 5) is 26.8. The molecule has 134 valence electrons. The zero-order valence-electron chi connectivity index (χ0n) is 14.9. The molecule has 4 rings (SSSR count). The summed E-state index contributed by atoms with van der Waals surface area (Å²) in [6, 6.07) is 14.7. The zero-order valence-corrected chi connectivity index (χ0v) is 14.9. The van der Waals surface area contributed by atoms with Gasteiger partial charge in [0.05, 0.1) is 5.52 Å². The van der Waals surface area contributed by atoms with Crippen molar-refractivity contribution in [1.29, 1.82) is 0 Å². The van der Waals surface area contributed by atoms with Gasteiger partial charge in [-0.15, -0.1) is 0 Å². The van der Waals surface area contributed by atoms with Crippen LogP contribution in [0.15, 0.2) is 48.7 Å². The number of benzene rings is 1. The quantitative estimate of drug-likeness (QED) is 0.741. The lowest BCUT2D eigenvalue weighted by Gasteiger charge is -2.24. The van der Waals surface area contributed by atoms with E-state index < -0.39 is 0 Å². The van der Waals surface area contributed by atoms with Gasteiger partial charge in [0, 0.05) is 31.6 Å². The van der Waals surface area contributed by atoms with Crippen molar-refractivity contribution in [2.24, 2.45) is 0 Å². The van der Waals surface area contributed by atoms with E-state index >= 15 is 0 Å². The average Bonchev–Trinajstić information content (AvgIpc) is 3.31. The maximum absolute atomic E-state index is 12.7. The Hall–Kier alpha value is -2.69. The van der Waals surface area contributed by atoms with E-state index in [1.54, 1.807) is 6.20 Å². The standard InChI is InChI=1S/C21H24N4O/c26-20(13-12-19-23-18-9-4-14-22-21(18)24-19)25-15-5-8-17(25)11-10-16-6-2-1-3-7-16/h1-4,6-7,9,14,17H,5,8,10-13,15H2,(H,22,23,24). The van der Waals surface area contributed by atoms with Crippen molar-refractivity contribution < 1.29 is 4.79 Å². The van der Waals surface area contributed by atoms with E-state index in [2.05, 4.69) is 44.1 Å². The number of aromatic amines is 1. The van der Waals surface area contributed by atoms with Gasteiger partial charge in [0.1, 0.15) is 5.82 Å². The zero-order chi connectivity index (χ0) is 17.8. The number of amides is 1. The monoisotopic (exact) mass is 348 g/mol. The van der Waals surface area contributed by atoms with Crippen LogP contribution < -0.4 is 0 Å². The SMILES string of the molecule is O=C(CCc1nc2ncccc2[nH]1)N1CCCC1CCc1ccccc1. The van der Waals surface area contributed by atoms with Gasteiger partial charge < -0.3 is 9.88 Å². The van der Waals surface area contributed by atoms with E-state index in [1.165, 1.54) is 5.56 Å². The van der Waals surface area contributed by atoms with Crippen molar-refractivity contribution in [3.05, 3.63) is 60.0 Å². The maximum Gasteiger partial charge on any atom is 0.223 e. The Morgan fingerprint density at radius 1 is 1.15 bits per heavy atom. The van der Waals surface area contributed by atoms with E-state index in [0.717, 1.165) is 49.2 Å². The summed E-state index contributed by atoms with van der Waals surface area (Å²) < 4.78 is 0. The highest BCUT2D eigenvalue weighted by molar-refractivity contribution is 5.77. The summed E-state index contributed by atoms with van der Waals surface area (Å²) in [7, 11) is 0. The third kappa shape index (κ3) is 3.77. The Morgan fingerprint density at radius 2 is 2.04 bits per heavy atom. The molecule has 0 bridgehead atoms. The summed E-state index contributed by atoms with van der Waals surface area (Å²) >= 11 is 0. The fourth-order valence-corrected chi connectivity index (χ4v) is 3.82. The summed E-state index contributed by atoms with van der Waals surface area (Å²) in [5.41, 5.74) is 3.00. The fourth-order valence-electron chi connectivity index (χ4n) is 3.82. The molecule has 3 aromatic rings. The molecule has 1 amide bonds. The highest BCUT2D eigenvalue weighted by Crippen LogP contribution is 2.23. The first-order valence-electron chi connectivity index (χ1n) is 9.42. The largest absolute Gasteiger partial charge is 0.341 e. The fraction of sp³-hybridized carbons (Fsp3) is 0.381. The molecule has 3 heterocycles. The van der Waals surface area contributed by atoms with Crippen molar-refractivity contribution in [3.8, 4) is 0 Å². The number of nitrogens with zero attached hydrogens (tertiary/aromatic N) is 3. The molecular formula is C21H24N4O. The summed E-state index contributed by atoms with van der Waals surface area (Å²) in [5, 5.41) is 0. The van der Waals surface area contributed by atoms with Crippen LogP contribution in [0.2, 0.25) is 0 Å². The molecule has 0 saturated carbocycles. The predicted molar refractivity (Wildman–Crippen MR) is 102 cm³/mol. The second kappa shape index (κ2) is 7.68. The van der Waals surface area contributed by atoms with Crippen molar-refractivity contribution in [2.75, 3.05) is 6.54 Å². The highest BCUT2D eigenvalue weighted by Gasteiger charge is 2.28. The van der Waals surface area contributed by atoms with Gasteiger partial charge in [-0.2, -0.15) is 0 Å². The number of nitrogens with one attached hydrogen (secondary N) is 1. The lowest BCUT2D eigenvalue weighted by molar-refractivity contribution is -0.132. The molecular weight excluding hydrogens is 324 g/mol. The van der Waals surface area contributed by atoms with Crippen LogP contribution >= 0.6 is 0 Å². The first kappa shape index (κ1) is 16.8. The minimum absolute atomic E-state index is 0.244. The van der Waals surface area contributed by atoms with Gasteiger partial charge >= 0.3 is 0 Å². The molecule has 1 aliphatic heterocycles. The molecule has 1 fully saturated rings. The Bertz CT molecular complexity index is 841. The van der Waals surface area contributed by atoms with Crippen LogP contribution in [-0.4, -0.2) is 38.3 Å². The van der Waals surface area contributed by atoms with Gasteiger partial charge in [0.2, 0.25) is 5.91 Å². The minimum atomic E-state index is 0.244. The van der Waals surface area contributed by atoms with E-state index in [4.69, 9.17) is 0 Å². The van der Waals surface area contributed by atoms with Gasteiger partial charge in [-0.25, -0.2) is 9.97 Å². The van der Waals surface area contributed by atoms with Crippen molar-refractivity contribution in [1.82, 2.24) is 19.9 Å². The van der Waals surface area contributed by atoms with Gasteiger partial charge in [0.25, 0.3) is 0 Å². The second-order valence-electron chi connectivity index (χ2n) is 6.97. The van der Waals surface area contributed by atoms with Crippen molar-refractivity contribution in [2.45, 2.75) is 44.6 Å². The molecule has 5 nitrogen and oxygen atoms in total. The number of imidazole rings is 1. The Kier molecular flexibility index (Phi) is 4.95. The van der Waals surface area contributed by atoms with Crippen LogP contribution in [0.5, 0.6) is 0 Å². The minimum Gasteiger partial charge on any atom is -0.341 e. The Labute approximate surface area is 153 Å². The van der Waals surface area contributed by atoms with E-state index in [0.29, 0.717) is 18.9 Å². The number of hydrogen-bond acceptors (Lipinski definition) is 3. The topological polar surface area (TPSA) is 61.9 Å². The number of carbonyl (C=O) groups excluding carboxylic acids is 1. The number of H-pyrrole nitrogens is 1. The number of likely N-dealkylation sites (tertiary alicyclic amines) is 1. The van der Waals surface area contributed by atoms with Crippen LogP contribution in [0.1, 0.15) is 37.1 Å². The molecule has 2 aromatic heterocycles. The maximum atomic E-state index is 12.7. The van der Waals surface area contributed by atoms with Crippen LogP contribution in [-0.2, 0) is 17.6 Å². The number of hydrogen-bond donors (Lipinski definition) is 1. The molecule has 0 aliphatic carbocycles. The highest BCUT2D eigenvalue weighted by atomic mass is 16.2. The van der Waals surface area contributed by atoms with Gasteiger partial charge in [-0.1, -0.05) is 30.3 Å². The molecule has 26 heavy (non-hydrogen) atoms. The lowest BCUT2D eigenvalue weighted by Crippen LogP contribution is -2.36. The molecule has 0 spiro atoms. The lowest BCUT2D eigenvalue weighted by atomic mass is 10.0. The van der Waals surface area contributed by atoms with Gasteiger partial charge in [-0.3, -0.25) is 4.79 Å². The van der Waals surface area contributed by atoms with Gasteiger partial charge in [0.15, 0.2) is 5.65 Å². The molecule has 1 aliphatic rings. The van der Waals surface area contributed by atoms with Crippen LogP contribution in [0.4, 0.5) is 0 Å². The van der Waals surface area contributed by atoms with Crippen molar-refractivity contribution >= 4 is 17.1 Å². The summed E-state index contributed by atoms with van der Waals surface area (Å²) in [6.45, 7) is 0.889. The first-order chi connectivity index (χ1) is 12.8. The normalized spacial score (nSPS) is 17.1. The van der Waals surface area contributed by atoms with Gasteiger partial charge in [-0.05, 0) is 43.4 Å². The predicted octanol–water partition coefficient (Wildman–Crippen LogP) is 3.51. The van der Waals surface area contributed by atoms with Crippen LogP contribution in [0, 0.1) is 0 Å². The second-order valence-corrected chi connectivity index (χ2v) is 6.97.